The average Bonchev–Trinajstić information content (AvgIpc) is 2.82. The normalized spacial score (nSPS) is 18.1. The molecule has 170 valence electrons. The number of carbonyl (C=O) groups is 2. The van der Waals surface area contributed by atoms with E-state index in [1.165, 1.54) is 6.07 Å². The Morgan fingerprint density at radius 1 is 0.875 bits per heavy atom. The molecule has 0 unspecified atom stereocenters. The van der Waals surface area contributed by atoms with E-state index < -0.39 is 0 Å². The summed E-state index contributed by atoms with van der Waals surface area (Å²) in [4.78, 5) is 31.5. The van der Waals surface area contributed by atoms with Crippen LogP contribution in [0.3, 0.4) is 0 Å². The Labute approximate surface area is 197 Å². The lowest BCUT2D eigenvalue weighted by atomic mass is 9.94. The highest BCUT2D eigenvalue weighted by atomic mass is 35.5. The molecule has 2 aromatic carbocycles. The quantitative estimate of drug-likeness (QED) is 0.657. The summed E-state index contributed by atoms with van der Waals surface area (Å²) >= 11 is 12.0. The van der Waals surface area contributed by atoms with Gasteiger partial charge in [-0.2, -0.15) is 0 Å². The lowest BCUT2D eigenvalue weighted by Crippen LogP contribution is -2.51. The molecule has 5 nitrogen and oxygen atoms in total. The maximum atomic E-state index is 14.1. The van der Waals surface area contributed by atoms with Crippen molar-refractivity contribution in [3.63, 3.8) is 0 Å². The second kappa shape index (κ2) is 10.2. The van der Waals surface area contributed by atoms with Crippen LogP contribution >= 0.6 is 23.2 Å². The molecule has 0 atom stereocenters. The van der Waals surface area contributed by atoms with Crippen LogP contribution in [0.25, 0.3) is 0 Å². The van der Waals surface area contributed by atoms with Gasteiger partial charge in [-0.05, 0) is 49.2 Å². The fourth-order valence-electron chi connectivity index (χ4n) is 4.40. The van der Waals surface area contributed by atoms with Gasteiger partial charge >= 0.3 is 0 Å². The van der Waals surface area contributed by atoms with E-state index in [0.29, 0.717) is 79.8 Å². The highest BCUT2D eigenvalue weighted by Gasteiger charge is 2.32. The second-order valence-electron chi connectivity index (χ2n) is 8.38. The third kappa shape index (κ3) is 5.25. The van der Waals surface area contributed by atoms with E-state index in [2.05, 4.69) is 4.90 Å². The highest BCUT2D eigenvalue weighted by molar-refractivity contribution is 6.31. The maximum Gasteiger partial charge on any atom is 0.253 e. The zero-order valence-electron chi connectivity index (χ0n) is 17.8. The fourth-order valence-corrected chi connectivity index (χ4v) is 4.74. The van der Waals surface area contributed by atoms with Crippen molar-refractivity contribution in [2.45, 2.75) is 19.4 Å². The van der Waals surface area contributed by atoms with Crippen molar-refractivity contribution in [1.82, 2.24) is 14.7 Å². The molecule has 32 heavy (non-hydrogen) atoms. The van der Waals surface area contributed by atoms with E-state index in [4.69, 9.17) is 23.2 Å². The van der Waals surface area contributed by atoms with E-state index in [0.717, 1.165) is 0 Å². The van der Waals surface area contributed by atoms with E-state index in [1.54, 1.807) is 36.4 Å². The van der Waals surface area contributed by atoms with Crippen LogP contribution in [0.5, 0.6) is 0 Å². The standard InChI is InChI=1S/C24H26Cl2FN3O2/c25-19-6-4-17(5-7-19)23(31)29-10-8-18(9-11-29)24(32)30-14-12-28(13-15-30)16-20-21(26)2-1-3-22(20)27/h1-7,18H,8-16H2. The first-order valence-corrected chi connectivity index (χ1v) is 11.7. The first-order chi connectivity index (χ1) is 15.4. The summed E-state index contributed by atoms with van der Waals surface area (Å²) in [6.07, 6.45) is 1.34. The molecule has 0 bridgehead atoms. The van der Waals surface area contributed by atoms with Crippen molar-refractivity contribution in [2.75, 3.05) is 39.3 Å². The van der Waals surface area contributed by atoms with Gasteiger partial charge in [-0.15, -0.1) is 0 Å². The van der Waals surface area contributed by atoms with E-state index >= 15 is 0 Å². The first kappa shape index (κ1) is 23.0. The minimum atomic E-state index is -0.295. The average molecular weight is 478 g/mol. The molecule has 2 heterocycles. The van der Waals surface area contributed by atoms with Crippen molar-refractivity contribution in [3.05, 3.63) is 69.5 Å². The Kier molecular flexibility index (Phi) is 7.33. The number of halogens is 3. The summed E-state index contributed by atoms with van der Waals surface area (Å²) < 4.78 is 14.1. The van der Waals surface area contributed by atoms with Crippen molar-refractivity contribution in [3.8, 4) is 0 Å². The Bertz CT molecular complexity index is 949. The fraction of sp³-hybridized carbons (Fsp3) is 0.417. The van der Waals surface area contributed by atoms with Gasteiger partial charge in [0.2, 0.25) is 5.91 Å². The van der Waals surface area contributed by atoms with Gasteiger partial charge in [-0.25, -0.2) is 4.39 Å². The monoisotopic (exact) mass is 477 g/mol. The van der Waals surface area contributed by atoms with Crippen LogP contribution in [0.2, 0.25) is 10.0 Å². The van der Waals surface area contributed by atoms with Gasteiger partial charge in [0.15, 0.2) is 0 Å². The number of benzene rings is 2. The van der Waals surface area contributed by atoms with Gasteiger partial charge in [0, 0.05) is 72.9 Å². The number of hydrogen-bond donors (Lipinski definition) is 0. The Morgan fingerprint density at radius 2 is 1.53 bits per heavy atom. The number of rotatable bonds is 4. The van der Waals surface area contributed by atoms with E-state index in [1.807, 2.05) is 9.80 Å². The zero-order chi connectivity index (χ0) is 22.7. The van der Waals surface area contributed by atoms with Gasteiger partial charge in [0.1, 0.15) is 5.82 Å². The molecule has 2 aliphatic rings. The molecule has 0 aromatic heterocycles. The lowest BCUT2D eigenvalue weighted by Gasteiger charge is -2.38. The van der Waals surface area contributed by atoms with Crippen molar-refractivity contribution >= 4 is 35.0 Å². The Hall–Kier alpha value is -2.15. The number of hydrogen-bond acceptors (Lipinski definition) is 3. The number of piperidine rings is 1. The van der Waals surface area contributed by atoms with Crippen molar-refractivity contribution < 1.29 is 14.0 Å². The number of piperazine rings is 1. The van der Waals surface area contributed by atoms with Crippen LogP contribution in [-0.2, 0) is 11.3 Å². The minimum Gasteiger partial charge on any atom is -0.340 e. The molecule has 0 saturated carbocycles. The molecule has 2 aromatic rings. The number of carbonyl (C=O) groups excluding carboxylic acids is 2. The molecular weight excluding hydrogens is 452 g/mol. The topological polar surface area (TPSA) is 43.9 Å². The van der Waals surface area contributed by atoms with Gasteiger partial charge in [0.05, 0.1) is 0 Å². The molecular formula is C24H26Cl2FN3O2. The Morgan fingerprint density at radius 3 is 2.16 bits per heavy atom. The van der Waals surface area contributed by atoms with Gasteiger partial charge < -0.3 is 9.80 Å². The number of amides is 2. The molecule has 0 N–H and O–H groups in total. The summed E-state index contributed by atoms with van der Waals surface area (Å²) in [5.74, 6) is -0.215. The Balaban J connectivity index is 1.25. The SMILES string of the molecule is O=C(c1ccc(Cl)cc1)N1CCC(C(=O)N2CCN(Cc3c(F)cccc3Cl)CC2)CC1. The van der Waals surface area contributed by atoms with E-state index in [9.17, 15) is 14.0 Å². The van der Waals surface area contributed by atoms with Crippen LogP contribution in [0.15, 0.2) is 42.5 Å². The largest absolute Gasteiger partial charge is 0.340 e. The van der Waals surface area contributed by atoms with Gasteiger partial charge in [-0.1, -0.05) is 29.3 Å². The molecule has 8 heteroatoms. The van der Waals surface area contributed by atoms with Crippen molar-refractivity contribution in [2.24, 2.45) is 5.92 Å². The highest BCUT2D eigenvalue weighted by Crippen LogP contribution is 2.24. The predicted octanol–water partition coefficient (Wildman–Crippen LogP) is 4.33. The molecule has 0 spiro atoms. The summed E-state index contributed by atoms with van der Waals surface area (Å²) in [5, 5.41) is 1.03. The smallest absolute Gasteiger partial charge is 0.253 e. The van der Waals surface area contributed by atoms with Gasteiger partial charge in [-0.3, -0.25) is 14.5 Å². The van der Waals surface area contributed by atoms with Crippen LogP contribution in [0.4, 0.5) is 4.39 Å². The minimum absolute atomic E-state index is 0.0204. The maximum absolute atomic E-state index is 14.1. The summed E-state index contributed by atoms with van der Waals surface area (Å²) in [6.45, 7) is 4.20. The van der Waals surface area contributed by atoms with Gasteiger partial charge in [0.25, 0.3) is 5.91 Å². The third-order valence-corrected chi connectivity index (χ3v) is 6.96. The van der Waals surface area contributed by atoms with Crippen LogP contribution in [0.1, 0.15) is 28.8 Å². The molecule has 4 rings (SSSR count). The summed E-state index contributed by atoms with van der Waals surface area (Å²) in [7, 11) is 0. The van der Waals surface area contributed by atoms with Crippen LogP contribution < -0.4 is 0 Å². The second-order valence-corrected chi connectivity index (χ2v) is 9.22. The van der Waals surface area contributed by atoms with Crippen LogP contribution in [0, 0.1) is 11.7 Å². The molecule has 0 radical (unpaired) electrons. The van der Waals surface area contributed by atoms with Crippen molar-refractivity contribution in [1.29, 1.82) is 0 Å². The molecule has 2 amide bonds. The molecule has 2 fully saturated rings. The zero-order valence-corrected chi connectivity index (χ0v) is 19.3. The first-order valence-electron chi connectivity index (χ1n) is 10.9. The number of nitrogens with zero attached hydrogens (tertiary/aromatic N) is 3. The van der Waals surface area contributed by atoms with Crippen LogP contribution in [-0.4, -0.2) is 65.8 Å². The predicted molar refractivity (Wildman–Crippen MR) is 123 cm³/mol. The molecule has 0 aliphatic carbocycles. The summed E-state index contributed by atoms with van der Waals surface area (Å²) in [5.41, 5.74) is 1.12. The summed E-state index contributed by atoms with van der Waals surface area (Å²) in [6, 6.07) is 11.6. The van der Waals surface area contributed by atoms with E-state index in [-0.39, 0.29) is 23.5 Å². The third-order valence-electron chi connectivity index (χ3n) is 6.35. The number of likely N-dealkylation sites (tertiary alicyclic amines) is 1. The lowest BCUT2D eigenvalue weighted by molar-refractivity contribution is -0.138. The molecule has 2 aliphatic heterocycles. The molecule has 2 saturated heterocycles.